The molecule has 5 aromatic rings. The van der Waals surface area contributed by atoms with Crippen LogP contribution in [0.15, 0.2) is 35.4 Å². The third kappa shape index (κ3) is 9.62. The number of fused-ring (bicyclic) bond motifs is 1. The third-order valence-corrected chi connectivity index (χ3v) is 13.8. The van der Waals surface area contributed by atoms with Gasteiger partial charge in [0.15, 0.2) is 35.5 Å². The Morgan fingerprint density at radius 2 is 1.61 bits per heavy atom. The zero-order valence-corrected chi connectivity index (χ0v) is 38.9. The van der Waals surface area contributed by atoms with Crippen LogP contribution in [0.3, 0.4) is 0 Å². The monoisotopic (exact) mass is 950 g/mol. The lowest BCUT2D eigenvalue weighted by atomic mass is 9.94. The van der Waals surface area contributed by atoms with Crippen LogP contribution in [0.5, 0.6) is 0 Å². The van der Waals surface area contributed by atoms with E-state index in [0.29, 0.717) is 104 Å². The Bertz CT molecular complexity index is 2750. The number of likely N-dealkylation sites (tertiary alicyclic amines) is 2. The minimum absolute atomic E-state index is 0.0945. The average Bonchev–Trinajstić information content (AvgIpc) is 3.92. The number of hydrogen-bond acceptors (Lipinski definition) is 16. The number of imide groups is 1. The maximum Gasteiger partial charge on any atom is 0.410 e. The van der Waals surface area contributed by atoms with E-state index in [0.717, 1.165) is 43.6 Å². The van der Waals surface area contributed by atoms with E-state index in [1.54, 1.807) is 27.1 Å². The normalized spacial score (nSPS) is 19.8. The Labute approximate surface area is 396 Å². The van der Waals surface area contributed by atoms with Gasteiger partial charge in [0.1, 0.15) is 35.3 Å². The highest BCUT2D eigenvalue weighted by Gasteiger charge is 2.38. The Kier molecular flexibility index (Phi) is 12.4. The lowest BCUT2D eigenvalue weighted by Crippen LogP contribution is -2.52. The van der Waals surface area contributed by atoms with E-state index >= 15 is 8.78 Å². The molecule has 1 aliphatic carbocycles. The largest absolute Gasteiger partial charge is 0.439 e. The fourth-order valence-corrected chi connectivity index (χ4v) is 9.86. The van der Waals surface area contributed by atoms with Gasteiger partial charge in [-0.2, -0.15) is 5.10 Å². The highest BCUT2D eigenvalue weighted by Crippen LogP contribution is 2.48. The van der Waals surface area contributed by atoms with E-state index in [1.807, 2.05) is 25.5 Å². The number of rotatable bonds is 12. The van der Waals surface area contributed by atoms with Crippen LogP contribution in [0.25, 0.3) is 33.8 Å². The van der Waals surface area contributed by atoms with Crippen molar-refractivity contribution in [2.24, 2.45) is 11.8 Å². The molecule has 20 nitrogen and oxygen atoms in total. The molecule has 10 rings (SSSR count). The van der Waals surface area contributed by atoms with Crippen LogP contribution in [0.1, 0.15) is 76.5 Å². The van der Waals surface area contributed by atoms with E-state index in [1.165, 1.54) is 18.5 Å². The number of carbonyl (C=O) groups excluding carboxylic acids is 4. The number of carbonyl (C=O) groups is 4. The molecule has 4 amide bonds. The van der Waals surface area contributed by atoms with Crippen molar-refractivity contribution < 1.29 is 37.2 Å². The molecule has 4 aromatic heterocycles. The first-order chi connectivity index (χ1) is 33.2. The molecule has 8 heterocycles. The number of ether oxygens (including phenoxy) is 1. The first kappa shape index (κ1) is 45.9. The molecule has 22 heteroatoms. The number of benzene rings is 1. The van der Waals surface area contributed by atoms with Crippen molar-refractivity contribution in [3.63, 3.8) is 0 Å². The standard InChI is InChI=1S/C47H56F2N14O6/c1-47(2,3)63-44-37(42(50)53-25-54-44)38(57-63)39-36(41(69-58-39)29-4-5-29)43-51-19-27(20-52-43)16-28-22-62(23-28)46(67)68-24-35(65)60-10-8-26(9-11-60)21-59-12-14-61(15-13-59)40-31(48)17-30(18-32(40)49)55-33-6-7-34(64)56-45(33)66/h17-20,25-26,28-29,33,55H,4-16,21-24H2,1-3H3,(H2,50,53,54)(H,56,64,66). The van der Waals surface area contributed by atoms with E-state index in [2.05, 4.69) is 30.7 Å². The number of piperidine rings is 2. The summed E-state index contributed by atoms with van der Waals surface area (Å²) < 4.78 is 43.7. The molecule has 4 N–H and O–H groups in total. The first-order valence-corrected chi connectivity index (χ1v) is 23.7. The van der Waals surface area contributed by atoms with Gasteiger partial charge in [-0.1, -0.05) is 5.16 Å². The second kappa shape index (κ2) is 18.6. The fourth-order valence-electron chi connectivity index (χ4n) is 9.86. The van der Waals surface area contributed by atoms with E-state index in [4.69, 9.17) is 30.1 Å². The molecule has 1 aromatic carbocycles. The molecule has 0 radical (unpaired) electrons. The van der Waals surface area contributed by atoms with Crippen molar-refractivity contribution in [3.8, 4) is 22.8 Å². The SMILES string of the molecule is CC(C)(C)n1nc(-c2noc(C3CC3)c2-c2ncc(CC3CN(C(=O)OCC(=O)N4CCC(CN5CCN(c6c(F)cc(NC7CCC(=O)NC7=O)cc6F)CC5)CC4)C3)cn2)c2c(N)ncnc21. The molecule has 5 fully saturated rings. The Morgan fingerprint density at radius 3 is 2.28 bits per heavy atom. The van der Waals surface area contributed by atoms with Gasteiger partial charge in [0.2, 0.25) is 11.8 Å². The summed E-state index contributed by atoms with van der Waals surface area (Å²) in [6.45, 7) is 10.8. The van der Waals surface area contributed by atoms with Gasteiger partial charge in [-0.15, -0.1) is 0 Å². The Morgan fingerprint density at radius 1 is 0.899 bits per heavy atom. The Hall–Kier alpha value is -6.84. The van der Waals surface area contributed by atoms with Gasteiger partial charge in [-0.3, -0.25) is 24.6 Å². The summed E-state index contributed by atoms with van der Waals surface area (Å²) in [5, 5.41) is 15.1. The molecule has 69 heavy (non-hydrogen) atoms. The van der Waals surface area contributed by atoms with Crippen LogP contribution in [0.4, 0.5) is 30.8 Å². The van der Waals surface area contributed by atoms with Crippen LogP contribution in [-0.4, -0.2) is 145 Å². The Balaban J connectivity index is 0.654. The van der Waals surface area contributed by atoms with Crippen molar-refractivity contribution in [2.45, 2.75) is 83.2 Å². The topological polar surface area (TPSA) is 236 Å². The highest BCUT2D eigenvalue weighted by molar-refractivity contribution is 6.02. The molecule has 1 unspecified atom stereocenters. The van der Waals surface area contributed by atoms with Crippen molar-refractivity contribution >= 4 is 52.0 Å². The van der Waals surface area contributed by atoms with Gasteiger partial charge >= 0.3 is 6.09 Å². The summed E-state index contributed by atoms with van der Waals surface area (Å²) in [5.41, 5.74) is 9.23. The zero-order chi connectivity index (χ0) is 48.1. The molecule has 364 valence electrons. The maximum absolute atomic E-state index is 15.2. The van der Waals surface area contributed by atoms with Gasteiger partial charge in [-0.25, -0.2) is 38.2 Å². The van der Waals surface area contributed by atoms with Crippen molar-refractivity contribution in [1.29, 1.82) is 0 Å². The summed E-state index contributed by atoms with van der Waals surface area (Å²) >= 11 is 0. The number of aromatic nitrogens is 7. The summed E-state index contributed by atoms with van der Waals surface area (Å²) in [7, 11) is 0. The lowest BCUT2D eigenvalue weighted by Gasteiger charge is -2.40. The quantitative estimate of drug-likeness (QED) is 0.148. The van der Waals surface area contributed by atoms with Crippen LogP contribution in [0.2, 0.25) is 0 Å². The predicted molar refractivity (Wildman–Crippen MR) is 247 cm³/mol. The number of nitrogens with two attached hydrogens (primary N) is 1. The molecule has 4 aliphatic heterocycles. The predicted octanol–water partition coefficient (Wildman–Crippen LogP) is 4.32. The van der Waals surface area contributed by atoms with Gasteiger partial charge in [0, 0.05) is 89.3 Å². The smallest absolute Gasteiger partial charge is 0.410 e. The summed E-state index contributed by atoms with van der Waals surface area (Å²) in [5.74, 6) is -0.311. The van der Waals surface area contributed by atoms with Crippen LogP contribution < -0.4 is 21.3 Å². The molecule has 0 bridgehead atoms. The van der Waals surface area contributed by atoms with Crippen molar-refractivity contribution in [2.75, 3.05) is 81.5 Å². The van der Waals surface area contributed by atoms with Gasteiger partial charge in [0.05, 0.1) is 16.5 Å². The van der Waals surface area contributed by atoms with E-state index in [9.17, 15) is 19.2 Å². The molecule has 5 aliphatic rings. The number of piperazine rings is 1. The number of nitrogens with zero attached hydrogens (tertiary/aromatic N) is 11. The zero-order valence-electron chi connectivity index (χ0n) is 38.9. The molecule has 1 saturated carbocycles. The van der Waals surface area contributed by atoms with Crippen LogP contribution in [-0.2, 0) is 31.1 Å². The maximum atomic E-state index is 15.2. The number of nitrogens with one attached hydrogen (secondary N) is 2. The molecule has 0 spiro atoms. The lowest BCUT2D eigenvalue weighted by molar-refractivity contribution is -0.136. The van der Waals surface area contributed by atoms with Gasteiger partial charge in [-0.05, 0) is 88.8 Å². The molecule has 4 saturated heterocycles. The average molecular weight is 951 g/mol. The molecular formula is C47H56F2N14O6. The second-order valence-electron chi connectivity index (χ2n) is 19.9. The minimum Gasteiger partial charge on any atom is -0.439 e. The first-order valence-electron chi connectivity index (χ1n) is 23.7. The van der Waals surface area contributed by atoms with Crippen molar-refractivity contribution in [3.05, 3.63) is 53.8 Å². The second-order valence-corrected chi connectivity index (χ2v) is 19.9. The number of amides is 4. The number of nitrogen functional groups attached to an aromatic ring is 1. The highest BCUT2D eigenvalue weighted by atomic mass is 19.1. The van der Waals surface area contributed by atoms with Gasteiger partial charge < -0.3 is 35.0 Å². The van der Waals surface area contributed by atoms with E-state index < -0.39 is 35.2 Å². The third-order valence-electron chi connectivity index (χ3n) is 13.8. The molecule has 1 atom stereocenters. The van der Waals surface area contributed by atoms with Crippen LogP contribution in [0, 0.1) is 23.5 Å². The fraction of sp³-hybridized carbons (Fsp3) is 0.532. The number of hydrogen-bond donors (Lipinski definition) is 3. The molecular weight excluding hydrogens is 895 g/mol. The number of anilines is 3. The number of halogens is 2. The van der Waals surface area contributed by atoms with E-state index in [-0.39, 0.29) is 54.5 Å². The summed E-state index contributed by atoms with van der Waals surface area (Å²) in [4.78, 5) is 75.2. The van der Waals surface area contributed by atoms with Crippen LogP contribution >= 0.6 is 0 Å². The summed E-state index contributed by atoms with van der Waals surface area (Å²) in [6.07, 6.45) is 9.12. The van der Waals surface area contributed by atoms with Gasteiger partial charge in [0.25, 0.3) is 5.91 Å². The minimum atomic E-state index is -0.744. The summed E-state index contributed by atoms with van der Waals surface area (Å²) in [6, 6.07) is 1.63. The van der Waals surface area contributed by atoms with Crippen molar-refractivity contribution in [1.82, 2.24) is 54.9 Å².